The lowest BCUT2D eigenvalue weighted by Crippen LogP contribution is -2.30. The predicted octanol–water partition coefficient (Wildman–Crippen LogP) is 4.32. The number of hydrogen-bond donors (Lipinski definition) is 2. The molecule has 0 spiro atoms. The fourth-order valence-corrected chi connectivity index (χ4v) is 6.25. The maximum absolute atomic E-state index is 14.1. The highest BCUT2D eigenvalue weighted by Gasteiger charge is 2.45. The minimum Gasteiger partial charge on any atom is -0.492 e. The largest absolute Gasteiger partial charge is 0.492 e. The number of nitrogens with zero attached hydrogens (tertiary/aromatic N) is 1. The summed E-state index contributed by atoms with van der Waals surface area (Å²) in [6, 6.07) is 6.73. The number of carboxylic acids is 1. The minimum atomic E-state index is -4.21. The van der Waals surface area contributed by atoms with Crippen LogP contribution in [0.1, 0.15) is 53.6 Å². The summed E-state index contributed by atoms with van der Waals surface area (Å²) >= 11 is 0. The van der Waals surface area contributed by atoms with Gasteiger partial charge in [0, 0.05) is 12.5 Å². The van der Waals surface area contributed by atoms with Crippen LogP contribution in [-0.2, 0) is 10.0 Å². The summed E-state index contributed by atoms with van der Waals surface area (Å²) in [5.41, 5.74) is 1.82. The van der Waals surface area contributed by atoms with E-state index in [1.807, 2.05) is 0 Å². The second-order valence-electron chi connectivity index (χ2n) is 9.19. The van der Waals surface area contributed by atoms with Crippen molar-refractivity contribution < 1.29 is 27.4 Å². The van der Waals surface area contributed by atoms with E-state index >= 15 is 0 Å². The molecule has 0 aromatic heterocycles. The zero-order valence-electron chi connectivity index (χ0n) is 18.9. The average Bonchev–Trinajstić information content (AvgIpc) is 3.58. The van der Waals surface area contributed by atoms with Crippen LogP contribution in [0.4, 0.5) is 10.1 Å². The summed E-state index contributed by atoms with van der Waals surface area (Å²) in [7, 11) is -4.21. The van der Waals surface area contributed by atoms with Crippen LogP contribution in [0.3, 0.4) is 0 Å². The fourth-order valence-electron chi connectivity index (χ4n) is 5.01. The second kappa shape index (κ2) is 8.70. The highest BCUT2D eigenvalue weighted by atomic mass is 32.2. The molecule has 7 nitrogen and oxygen atoms in total. The van der Waals surface area contributed by atoms with Crippen LogP contribution < -0.4 is 9.46 Å². The molecule has 2 aliphatic heterocycles. The van der Waals surface area contributed by atoms with Gasteiger partial charge in [-0.15, -0.1) is 0 Å². The van der Waals surface area contributed by atoms with Gasteiger partial charge in [-0.05, 0) is 73.7 Å². The number of piperidine rings is 1. The molecule has 0 unspecified atom stereocenters. The number of carbonyl (C=O) groups is 1. The van der Waals surface area contributed by atoms with Gasteiger partial charge in [0.25, 0.3) is 10.0 Å². The van der Waals surface area contributed by atoms with Crippen molar-refractivity contribution in [2.45, 2.75) is 37.0 Å². The quantitative estimate of drug-likeness (QED) is 0.631. The Kier molecular flexibility index (Phi) is 5.85. The third-order valence-electron chi connectivity index (χ3n) is 6.88. The Bertz CT molecular complexity index is 1290. The molecule has 34 heavy (non-hydrogen) atoms. The Balaban J connectivity index is 1.52. The van der Waals surface area contributed by atoms with Crippen molar-refractivity contribution in [3.05, 3.63) is 58.4 Å². The summed E-state index contributed by atoms with van der Waals surface area (Å²) in [6.07, 6.45) is 4.45. The Hall–Kier alpha value is -2.91. The number of carboxylic acid groups (broad SMARTS) is 1. The zero-order valence-corrected chi connectivity index (χ0v) is 19.7. The van der Waals surface area contributed by atoms with Crippen LogP contribution in [-0.4, -0.2) is 50.6 Å². The first-order valence-electron chi connectivity index (χ1n) is 11.5. The molecule has 1 saturated carbocycles. The summed E-state index contributed by atoms with van der Waals surface area (Å²) in [5.74, 6) is -0.913. The van der Waals surface area contributed by atoms with Gasteiger partial charge < -0.3 is 9.84 Å². The molecular formula is C25H27FN2O5S. The van der Waals surface area contributed by atoms with Gasteiger partial charge in [0.05, 0.1) is 17.2 Å². The predicted molar refractivity (Wildman–Crippen MR) is 126 cm³/mol. The van der Waals surface area contributed by atoms with Crippen LogP contribution in [0.25, 0.3) is 6.08 Å². The molecule has 3 aliphatic rings. The lowest BCUT2D eigenvalue weighted by molar-refractivity contribution is 0.0692. The average molecular weight is 487 g/mol. The molecule has 0 amide bonds. The molecule has 2 aromatic carbocycles. The van der Waals surface area contributed by atoms with E-state index in [-0.39, 0.29) is 33.4 Å². The number of likely N-dealkylation sites (N-methyl/N-ethyl adjacent to an activating group) is 1. The SMILES string of the molecule is CCN1CCC/C(=C\c2cc(F)ccc2S(=O)(=O)Nc2ccc3c(c2C(=O)O)OC[C@@H]2C[C@H]32)C1. The van der Waals surface area contributed by atoms with Crippen molar-refractivity contribution in [3.63, 3.8) is 0 Å². The van der Waals surface area contributed by atoms with Gasteiger partial charge in [-0.1, -0.05) is 24.6 Å². The number of likely N-dealkylation sites (tertiary alicyclic amines) is 1. The second-order valence-corrected chi connectivity index (χ2v) is 10.8. The van der Waals surface area contributed by atoms with Crippen LogP contribution >= 0.6 is 0 Å². The molecule has 9 heteroatoms. The van der Waals surface area contributed by atoms with Gasteiger partial charge in [-0.2, -0.15) is 0 Å². The van der Waals surface area contributed by atoms with Gasteiger partial charge in [0.15, 0.2) is 0 Å². The number of rotatable bonds is 6. The maximum atomic E-state index is 14.1. The van der Waals surface area contributed by atoms with Crippen molar-refractivity contribution in [2.75, 3.05) is 31.0 Å². The van der Waals surface area contributed by atoms with Crippen LogP contribution in [0.15, 0.2) is 40.8 Å². The molecule has 0 radical (unpaired) electrons. The van der Waals surface area contributed by atoms with Gasteiger partial charge >= 0.3 is 5.97 Å². The fraction of sp³-hybridized carbons (Fsp3) is 0.400. The highest BCUT2D eigenvalue weighted by Crippen LogP contribution is 2.55. The van der Waals surface area contributed by atoms with Gasteiger partial charge in [0.1, 0.15) is 17.1 Å². The maximum Gasteiger partial charge on any atom is 0.341 e. The smallest absolute Gasteiger partial charge is 0.341 e. The van der Waals surface area contributed by atoms with E-state index in [1.54, 1.807) is 12.1 Å². The molecular weight excluding hydrogens is 459 g/mol. The molecule has 2 aromatic rings. The van der Waals surface area contributed by atoms with E-state index in [1.165, 1.54) is 18.2 Å². The molecule has 5 rings (SSSR count). The first-order chi connectivity index (χ1) is 16.3. The lowest BCUT2D eigenvalue weighted by Gasteiger charge is -2.27. The van der Waals surface area contributed by atoms with E-state index in [0.29, 0.717) is 19.1 Å². The molecule has 2 N–H and O–H groups in total. The highest BCUT2D eigenvalue weighted by molar-refractivity contribution is 7.92. The molecule has 0 bridgehead atoms. The van der Waals surface area contributed by atoms with Crippen molar-refractivity contribution in [2.24, 2.45) is 5.92 Å². The number of nitrogens with one attached hydrogen (secondary N) is 1. The monoisotopic (exact) mass is 486 g/mol. The number of fused-ring (bicyclic) bond motifs is 3. The normalized spacial score (nSPS) is 23.1. The number of hydrogen-bond acceptors (Lipinski definition) is 5. The third-order valence-corrected chi connectivity index (χ3v) is 8.32. The lowest BCUT2D eigenvalue weighted by atomic mass is 10.0. The van der Waals surface area contributed by atoms with Gasteiger partial charge in [0.2, 0.25) is 0 Å². The topological polar surface area (TPSA) is 95.9 Å². The Labute approximate surface area is 198 Å². The van der Waals surface area contributed by atoms with E-state index in [4.69, 9.17) is 4.74 Å². The van der Waals surface area contributed by atoms with Crippen molar-refractivity contribution in [1.29, 1.82) is 0 Å². The minimum absolute atomic E-state index is 0.0666. The van der Waals surface area contributed by atoms with Crippen LogP contribution in [0, 0.1) is 11.7 Å². The summed E-state index contributed by atoms with van der Waals surface area (Å²) in [6.45, 7) is 5.06. The number of ether oxygens (including phenoxy) is 1. The molecule has 2 heterocycles. The van der Waals surface area contributed by atoms with E-state index < -0.39 is 21.8 Å². The molecule has 1 saturated heterocycles. The molecule has 180 valence electrons. The molecule has 2 atom stereocenters. The summed E-state index contributed by atoms with van der Waals surface area (Å²) in [5, 5.41) is 9.87. The van der Waals surface area contributed by atoms with Crippen LogP contribution in [0.2, 0.25) is 0 Å². The Morgan fingerprint density at radius 3 is 2.91 bits per heavy atom. The first kappa shape index (κ1) is 22.9. The standard InChI is InChI=1S/C25H27FN2O5S/c1-2-28-9-3-4-15(13-28)10-16-11-18(26)5-8-22(16)34(31,32)27-21-7-6-19-20-12-17(20)14-33-24(19)23(21)25(29)30/h5-8,10-11,17,20,27H,2-4,9,12-14H2,1H3,(H,29,30)/b15-10+/t17-,20-/m0/s1. The van der Waals surface area contributed by atoms with E-state index in [0.717, 1.165) is 49.6 Å². The Morgan fingerprint density at radius 1 is 1.32 bits per heavy atom. The van der Waals surface area contributed by atoms with Crippen LogP contribution in [0.5, 0.6) is 5.75 Å². The van der Waals surface area contributed by atoms with Crippen molar-refractivity contribution in [3.8, 4) is 5.75 Å². The van der Waals surface area contributed by atoms with Gasteiger partial charge in [-0.25, -0.2) is 17.6 Å². The number of benzene rings is 2. The number of halogens is 1. The number of anilines is 1. The number of aromatic carboxylic acids is 1. The molecule has 2 fully saturated rings. The molecule has 1 aliphatic carbocycles. The summed E-state index contributed by atoms with van der Waals surface area (Å²) in [4.78, 5) is 14.2. The van der Waals surface area contributed by atoms with Crippen molar-refractivity contribution in [1.82, 2.24) is 4.90 Å². The first-order valence-corrected chi connectivity index (χ1v) is 13.0. The zero-order chi connectivity index (χ0) is 24.0. The third kappa shape index (κ3) is 4.30. The van der Waals surface area contributed by atoms with Crippen molar-refractivity contribution >= 4 is 27.8 Å². The Morgan fingerprint density at radius 2 is 2.15 bits per heavy atom. The number of sulfonamides is 1. The summed E-state index contributed by atoms with van der Waals surface area (Å²) < 4.78 is 49.1. The van der Waals surface area contributed by atoms with Gasteiger partial charge in [-0.3, -0.25) is 9.62 Å². The van der Waals surface area contributed by atoms with E-state index in [2.05, 4.69) is 16.5 Å². The van der Waals surface area contributed by atoms with E-state index in [9.17, 15) is 22.7 Å².